The van der Waals surface area contributed by atoms with Gasteiger partial charge in [-0.05, 0) is 55.2 Å². The van der Waals surface area contributed by atoms with E-state index in [2.05, 4.69) is 5.32 Å². The minimum absolute atomic E-state index is 0.179. The number of halogens is 2. The molecule has 7 heteroatoms. The van der Waals surface area contributed by atoms with Gasteiger partial charge in [0.2, 0.25) is 5.91 Å². The number of ether oxygens (including phenoxy) is 1. The number of aryl methyl sites for hydroxylation is 1. The fourth-order valence-corrected chi connectivity index (χ4v) is 3.34. The summed E-state index contributed by atoms with van der Waals surface area (Å²) in [6.07, 6.45) is 1.30. The van der Waals surface area contributed by atoms with Crippen molar-refractivity contribution in [1.82, 2.24) is 10.2 Å². The number of carbonyl (C=O) groups excluding carboxylic acids is 2. The zero-order chi connectivity index (χ0) is 22.1. The van der Waals surface area contributed by atoms with Crippen LogP contribution in [-0.2, 0) is 16.1 Å². The number of amides is 2. The van der Waals surface area contributed by atoms with E-state index in [0.717, 1.165) is 17.5 Å². The summed E-state index contributed by atoms with van der Waals surface area (Å²) < 4.78 is 5.69. The molecule has 0 saturated carbocycles. The van der Waals surface area contributed by atoms with Crippen LogP contribution in [0.1, 0.15) is 37.8 Å². The molecule has 0 spiro atoms. The molecule has 0 aromatic heterocycles. The summed E-state index contributed by atoms with van der Waals surface area (Å²) in [5.74, 6) is 0.0783. The molecular formula is C23H28Cl2N2O3. The largest absolute Gasteiger partial charge is 0.484 e. The fourth-order valence-electron chi connectivity index (χ4n) is 3.03. The van der Waals surface area contributed by atoms with Crippen LogP contribution in [0.15, 0.2) is 42.5 Å². The Hall–Kier alpha value is -2.24. The summed E-state index contributed by atoms with van der Waals surface area (Å²) in [5, 5.41) is 4.07. The Morgan fingerprint density at radius 1 is 1.10 bits per heavy atom. The summed E-state index contributed by atoms with van der Waals surface area (Å²) in [6.45, 7) is 6.32. The van der Waals surface area contributed by atoms with Gasteiger partial charge >= 0.3 is 0 Å². The van der Waals surface area contributed by atoms with Gasteiger partial charge in [0.15, 0.2) is 6.61 Å². The van der Waals surface area contributed by atoms with E-state index < -0.39 is 6.04 Å². The molecule has 0 radical (unpaired) electrons. The first-order chi connectivity index (χ1) is 14.4. The second-order valence-electron chi connectivity index (χ2n) is 7.03. The minimum Gasteiger partial charge on any atom is -0.484 e. The van der Waals surface area contributed by atoms with Crippen LogP contribution in [-0.4, -0.2) is 35.9 Å². The van der Waals surface area contributed by atoms with Crippen LogP contribution in [0.25, 0.3) is 0 Å². The van der Waals surface area contributed by atoms with Crippen molar-refractivity contribution in [2.24, 2.45) is 0 Å². The molecule has 2 aromatic carbocycles. The summed E-state index contributed by atoms with van der Waals surface area (Å²) in [5.41, 5.74) is 1.64. The van der Waals surface area contributed by atoms with Crippen LogP contribution in [0, 0.1) is 6.92 Å². The standard InChI is InChI=1S/C23H28Cl2N2O3/c1-4-12-26-23(29)21(5-2)27(14-17-8-6-7-9-20(17)25)22(28)15-30-18-10-11-19(24)16(3)13-18/h6-11,13,21H,4-5,12,14-15H2,1-3H3,(H,26,29). The normalized spacial score (nSPS) is 11.6. The number of nitrogens with zero attached hydrogens (tertiary/aromatic N) is 1. The monoisotopic (exact) mass is 450 g/mol. The third kappa shape index (κ3) is 6.64. The Labute approximate surface area is 188 Å². The van der Waals surface area contributed by atoms with Gasteiger partial charge in [0.25, 0.3) is 5.91 Å². The van der Waals surface area contributed by atoms with Crippen LogP contribution < -0.4 is 10.1 Å². The van der Waals surface area contributed by atoms with Gasteiger partial charge in [0.1, 0.15) is 11.8 Å². The maximum absolute atomic E-state index is 13.1. The average Bonchev–Trinajstić information content (AvgIpc) is 2.74. The van der Waals surface area contributed by atoms with Crippen molar-refractivity contribution in [1.29, 1.82) is 0 Å². The lowest BCUT2D eigenvalue weighted by Crippen LogP contribution is -2.50. The van der Waals surface area contributed by atoms with Crippen molar-refractivity contribution >= 4 is 35.0 Å². The van der Waals surface area contributed by atoms with E-state index in [1.165, 1.54) is 4.90 Å². The number of nitrogens with one attached hydrogen (secondary N) is 1. The highest BCUT2D eigenvalue weighted by Gasteiger charge is 2.29. The van der Waals surface area contributed by atoms with Crippen molar-refractivity contribution in [3.05, 3.63) is 63.6 Å². The van der Waals surface area contributed by atoms with Crippen LogP contribution in [0.3, 0.4) is 0 Å². The van der Waals surface area contributed by atoms with Crippen molar-refractivity contribution in [2.75, 3.05) is 13.2 Å². The Kier molecular flexibility index (Phi) is 9.47. The molecular weight excluding hydrogens is 423 g/mol. The van der Waals surface area contributed by atoms with Crippen molar-refractivity contribution in [3.8, 4) is 5.75 Å². The summed E-state index contributed by atoms with van der Waals surface area (Å²) >= 11 is 12.4. The van der Waals surface area contributed by atoms with Crippen molar-refractivity contribution < 1.29 is 14.3 Å². The zero-order valence-electron chi connectivity index (χ0n) is 17.6. The van der Waals surface area contributed by atoms with Crippen molar-refractivity contribution in [2.45, 2.75) is 46.2 Å². The van der Waals surface area contributed by atoms with E-state index in [1.54, 1.807) is 24.3 Å². The molecule has 1 atom stereocenters. The molecule has 0 bridgehead atoms. The fraction of sp³-hybridized carbons (Fsp3) is 0.391. The summed E-state index contributed by atoms with van der Waals surface area (Å²) in [7, 11) is 0. The van der Waals surface area contributed by atoms with Gasteiger partial charge in [-0.15, -0.1) is 0 Å². The third-order valence-electron chi connectivity index (χ3n) is 4.73. The maximum Gasteiger partial charge on any atom is 0.261 e. The van der Waals surface area contributed by atoms with E-state index in [-0.39, 0.29) is 25.0 Å². The number of hydrogen-bond donors (Lipinski definition) is 1. The first-order valence-electron chi connectivity index (χ1n) is 10.1. The van der Waals surface area contributed by atoms with E-state index >= 15 is 0 Å². The second-order valence-corrected chi connectivity index (χ2v) is 7.84. The van der Waals surface area contributed by atoms with E-state index in [0.29, 0.717) is 28.8 Å². The molecule has 1 unspecified atom stereocenters. The van der Waals surface area contributed by atoms with Gasteiger partial charge in [0, 0.05) is 23.1 Å². The third-order valence-corrected chi connectivity index (χ3v) is 5.52. The first-order valence-corrected chi connectivity index (χ1v) is 10.8. The molecule has 0 heterocycles. The first kappa shape index (κ1) is 24.0. The van der Waals surface area contributed by atoms with Gasteiger partial charge in [-0.3, -0.25) is 9.59 Å². The van der Waals surface area contributed by atoms with E-state index in [9.17, 15) is 9.59 Å². The molecule has 0 aliphatic rings. The van der Waals surface area contributed by atoms with Crippen LogP contribution >= 0.6 is 23.2 Å². The van der Waals surface area contributed by atoms with Gasteiger partial charge in [-0.1, -0.05) is 55.2 Å². The molecule has 0 saturated heterocycles. The smallest absolute Gasteiger partial charge is 0.261 e. The predicted octanol–water partition coefficient (Wildman–Crippen LogP) is 5.01. The number of rotatable bonds is 10. The zero-order valence-corrected chi connectivity index (χ0v) is 19.1. The Bertz CT molecular complexity index is 873. The molecule has 2 aromatic rings. The lowest BCUT2D eigenvalue weighted by molar-refractivity contribution is -0.143. The summed E-state index contributed by atoms with van der Waals surface area (Å²) in [4.78, 5) is 27.4. The maximum atomic E-state index is 13.1. The van der Waals surface area contributed by atoms with E-state index in [4.69, 9.17) is 27.9 Å². The van der Waals surface area contributed by atoms with Gasteiger partial charge in [0.05, 0.1) is 0 Å². The highest BCUT2D eigenvalue weighted by Crippen LogP contribution is 2.22. The number of benzene rings is 2. The quantitative estimate of drug-likeness (QED) is 0.552. The Balaban J connectivity index is 2.21. The molecule has 2 rings (SSSR count). The number of carbonyl (C=O) groups is 2. The highest BCUT2D eigenvalue weighted by molar-refractivity contribution is 6.31. The van der Waals surface area contributed by atoms with Gasteiger partial charge in [-0.25, -0.2) is 0 Å². The van der Waals surface area contributed by atoms with Crippen LogP contribution in [0.2, 0.25) is 10.0 Å². The molecule has 0 aliphatic heterocycles. The van der Waals surface area contributed by atoms with Crippen LogP contribution in [0.4, 0.5) is 0 Å². The number of hydrogen-bond acceptors (Lipinski definition) is 3. The molecule has 0 fully saturated rings. The Morgan fingerprint density at radius 3 is 2.47 bits per heavy atom. The molecule has 0 aliphatic carbocycles. The highest BCUT2D eigenvalue weighted by atomic mass is 35.5. The molecule has 2 amide bonds. The molecule has 5 nitrogen and oxygen atoms in total. The molecule has 162 valence electrons. The second kappa shape index (κ2) is 11.8. The molecule has 1 N–H and O–H groups in total. The lowest BCUT2D eigenvalue weighted by atomic mass is 10.1. The SMILES string of the molecule is CCCNC(=O)C(CC)N(Cc1ccccc1Cl)C(=O)COc1ccc(Cl)c(C)c1. The lowest BCUT2D eigenvalue weighted by Gasteiger charge is -2.30. The summed E-state index contributed by atoms with van der Waals surface area (Å²) in [6, 6.07) is 11.9. The Morgan fingerprint density at radius 2 is 1.83 bits per heavy atom. The van der Waals surface area contributed by atoms with Gasteiger partial charge < -0.3 is 15.0 Å². The topological polar surface area (TPSA) is 58.6 Å². The molecule has 30 heavy (non-hydrogen) atoms. The predicted molar refractivity (Wildman–Crippen MR) is 121 cm³/mol. The van der Waals surface area contributed by atoms with E-state index in [1.807, 2.05) is 39.0 Å². The van der Waals surface area contributed by atoms with Gasteiger partial charge in [-0.2, -0.15) is 0 Å². The average molecular weight is 451 g/mol. The minimum atomic E-state index is -0.615. The van der Waals surface area contributed by atoms with Crippen LogP contribution in [0.5, 0.6) is 5.75 Å². The van der Waals surface area contributed by atoms with Crippen molar-refractivity contribution in [3.63, 3.8) is 0 Å².